The van der Waals surface area contributed by atoms with E-state index in [1.165, 1.54) is 0 Å². The second kappa shape index (κ2) is 8.31. The Morgan fingerprint density at radius 1 is 1.38 bits per heavy atom. The number of hydrogen-bond acceptors (Lipinski definition) is 6. The predicted molar refractivity (Wildman–Crippen MR) is 97.6 cm³/mol. The highest BCUT2D eigenvalue weighted by Gasteiger charge is 2.31. The Bertz CT molecular complexity index is 729. The highest BCUT2D eigenvalue weighted by Crippen LogP contribution is 2.24. The van der Waals surface area contributed by atoms with E-state index in [0.717, 1.165) is 24.3 Å². The highest BCUT2D eigenvalue weighted by molar-refractivity contribution is 5.77. The van der Waals surface area contributed by atoms with Crippen molar-refractivity contribution in [3.63, 3.8) is 0 Å². The number of carbonyl (C=O) groups excluding carboxylic acids is 1. The summed E-state index contributed by atoms with van der Waals surface area (Å²) >= 11 is 0. The Morgan fingerprint density at radius 3 is 2.81 bits per heavy atom. The maximum atomic E-state index is 12.4. The van der Waals surface area contributed by atoms with Crippen molar-refractivity contribution >= 4 is 5.91 Å². The molecule has 1 aromatic heterocycles. The molecule has 3 rings (SSSR count). The molecule has 0 saturated carbocycles. The normalized spacial score (nSPS) is 19.7. The molecule has 0 aliphatic carbocycles. The topological polar surface area (TPSA) is 94.5 Å². The van der Waals surface area contributed by atoms with Crippen LogP contribution < -0.4 is 10.5 Å². The quantitative estimate of drug-likeness (QED) is 0.816. The lowest BCUT2D eigenvalue weighted by atomic mass is 10.1. The Balaban J connectivity index is 1.56. The van der Waals surface area contributed by atoms with E-state index in [4.69, 9.17) is 15.0 Å². The van der Waals surface area contributed by atoms with Crippen LogP contribution in [0, 0.1) is 5.92 Å². The zero-order chi connectivity index (χ0) is 18.5. The number of nitrogens with zero attached hydrogens (tertiary/aromatic N) is 3. The number of likely N-dealkylation sites (tertiary alicyclic amines) is 1. The molecule has 7 heteroatoms. The molecule has 0 bridgehead atoms. The molecule has 1 aromatic carbocycles. The largest absolute Gasteiger partial charge is 0.494 e. The summed E-state index contributed by atoms with van der Waals surface area (Å²) in [4.78, 5) is 18.8. The van der Waals surface area contributed by atoms with Gasteiger partial charge in [0.2, 0.25) is 17.6 Å². The van der Waals surface area contributed by atoms with E-state index in [9.17, 15) is 4.79 Å². The van der Waals surface area contributed by atoms with Crippen molar-refractivity contribution in [1.29, 1.82) is 0 Å². The van der Waals surface area contributed by atoms with Crippen LogP contribution in [0.1, 0.15) is 32.6 Å². The molecule has 1 saturated heterocycles. The Morgan fingerprint density at radius 2 is 2.15 bits per heavy atom. The van der Waals surface area contributed by atoms with Crippen LogP contribution in [0.15, 0.2) is 28.8 Å². The predicted octanol–water partition coefficient (Wildman–Crippen LogP) is 2.26. The standard InChI is InChI=1S/C19H26N4O3/c1-3-25-16-6-4-15(5-7-16)19-21-17(26-22-19)8-9-18(24)23-12-14(11-20)10-13(23)2/h4-7,13-14H,3,8-12,20H2,1-2H3. The van der Waals surface area contributed by atoms with Gasteiger partial charge >= 0.3 is 0 Å². The van der Waals surface area contributed by atoms with Gasteiger partial charge in [0.25, 0.3) is 0 Å². The summed E-state index contributed by atoms with van der Waals surface area (Å²) < 4.78 is 10.7. The van der Waals surface area contributed by atoms with Crippen molar-refractivity contribution in [2.24, 2.45) is 11.7 Å². The average molecular weight is 358 g/mol. The molecule has 26 heavy (non-hydrogen) atoms. The zero-order valence-electron chi connectivity index (χ0n) is 15.4. The van der Waals surface area contributed by atoms with Gasteiger partial charge in [0.05, 0.1) is 6.61 Å². The molecule has 0 spiro atoms. The number of ether oxygens (including phenoxy) is 1. The van der Waals surface area contributed by atoms with Gasteiger partial charge < -0.3 is 19.9 Å². The molecule has 2 N–H and O–H groups in total. The number of amides is 1. The molecule has 2 unspecified atom stereocenters. The van der Waals surface area contributed by atoms with E-state index in [1.54, 1.807) is 0 Å². The number of rotatable bonds is 7. The minimum absolute atomic E-state index is 0.120. The number of aryl methyl sites for hydroxylation is 1. The third-order valence-electron chi connectivity index (χ3n) is 4.76. The van der Waals surface area contributed by atoms with Crippen LogP contribution in [-0.4, -0.2) is 46.7 Å². The van der Waals surface area contributed by atoms with Gasteiger partial charge in [0, 0.05) is 31.0 Å². The van der Waals surface area contributed by atoms with Crippen LogP contribution in [0.2, 0.25) is 0 Å². The van der Waals surface area contributed by atoms with Gasteiger partial charge in [-0.1, -0.05) is 5.16 Å². The van der Waals surface area contributed by atoms with Crippen LogP contribution in [0.4, 0.5) is 0 Å². The van der Waals surface area contributed by atoms with Gasteiger partial charge in [-0.2, -0.15) is 4.98 Å². The lowest BCUT2D eigenvalue weighted by Crippen LogP contribution is -2.34. The first-order valence-electron chi connectivity index (χ1n) is 9.16. The molecular weight excluding hydrogens is 332 g/mol. The molecule has 2 aromatic rings. The number of hydrogen-bond donors (Lipinski definition) is 1. The van der Waals surface area contributed by atoms with Crippen molar-refractivity contribution < 1.29 is 14.1 Å². The molecule has 2 atom stereocenters. The maximum absolute atomic E-state index is 12.4. The van der Waals surface area contributed by atoms with Crippen LogP contribution in [0.5, 0.6) is 5.75 Å². The molecule has 7 nitrogen and oxygen atoms in total. The van der Waals surface area contributed by atoms with Crippen LogP contribution in [0.3, 0.4) is 0 Å². The lowest BCUT2D eigenvalue weighted by Gasteiger charge is -2.21. The van der Waals surface area contributed by atoms with Gasteiger partial charge in [0.1, 0.15) is 5.75 Å². The number of nitrogens with two attached hydrogens (primary N) is 1. The number of benzene rings is 1. The van der Waals surface area contributed by atoms with Crippen molar-refractivity contribution in [2.75, 3.05) is 19.7 Å². The zero-order valence-corrected chi connectivity index (χ0v) is 15.4. The summed E-state index contributed by atoms with van der Waals surface area (Å²) in [5, 5.41) is 4.01. The first-order chi connectivity index (χ1) is 12.6. The van der Waals surface area contributed by atoms with E-state index < -0.39 is 0 Å². The summed E-state index contributed by atoms with van der Waals surface area (Å²) in [5.74, 6) is 2.33. The second-order valence-electron chi connectivity index (χ2n) is 6.70. The molecule has 140 valence electrons. The summed E-state index contributed by atoms with van der Waals surface area (Å²) in [5.41, 5.74) is 6.58. The van der Waals surface area contributed by atoms with Gasteiger partial charge in [-0.15, -0.1) is 0 Å². The Hall–Kier alpha value is -2.41. The van der Waals surface area contributed by atoms with E-state index >= 15 is 0 Å². The van der Waals surface area contributed by atoms with Gasteiger partial charge in [-0.25, -0.2) is 0 Å². The first-order valence-corrected chi connectivity index (χ1v) is 9.16. The molecular formula is C19H26N4O3. The van der Waals surface area contributed by atoms with Gasteiger partial charge in [0.15, 0.2) is 0 Å². The first kappa shape index (κ1) is 18.4. The summed E-state index contributed by atoms with van der Waals surface area (Å²) in [6.45, 7) is 6.02. The monoisotopic (exact) mass is 358 g/mol. The smallest absolute Gasteiger partial charge is 0.227 e. The molecule has 1 fully saturated rings. The van der Waals surface area contributed by atoms with E-state index in [1.807, 2.05) is 36.1 Å². The molecule has 2 heterocycles. The highest BCUT2D eigenvalue weighted by atomic mass is 16.5. The lowest BCUT2D eigenvalue weighted by molar-refractivity contribution is -0.131. The minimum atomic E-state index is 0.120. The maximum Gasteiger partial charge on any atom is 0.227 e. The second-order valence-corrected chi connectivity index (χ2v) is 6.70. The molecule has 1 amide bonds. The fourth-order valence-corrected chi connectivity index (χ4v) is 3.36. The summed E-state index contributed by atoms with van der Waals surface area (Å²) in [6, 6.07) is 7.79. The average Bonchev–Trinajstić information content (AvgIpc) is 3.27. The Kier molecular flexibility index (Phi) is 5.88. The van der Waals surface area contributed by atoms with Crippen molar-refractivity contribution in [2.45, 2.75) is 39.2 Å². The van der Waals surface area contributed by atoms with E-state index in [-0.39, 0.29) is 11.9 Å². The van der Waals surface area contributed by atoms with Gasteiger partial charge in [-0.3, -0.25) is 4.79 Å². The van der Waals surface area contributed by atoms with E-state index in [0.29, 0.717) is 43.6 Å². The number of aromatic nitrogens is 2. The van der Waals surface area contributed by atoms with Crippen molar-refractivity contribution in [1.82, 2.24) is 15.0 Å². The number of carbonyl (C=O) groups is 1. The summed E-state index contributed by atoms with van der Waals surface area (Å²) in [6.07, 6.45) is 1.79. The SMILES string of the molecule is CCOc1ccc(-c2noc(CCC(=O)N3CC(CN)CC3C)n2)cc1. The van der Waals surface area contributed by atoms with Crippen LogP contribution in [-0.2, 0) is 11.2 Å². The fourth-order valence-electron chi connectivity index (χ4n) is 3.36. The van der Waals surface area contributed by atoms with E-state index in [2.05, 4.69) is 17.1 Å². The van der Waals surface area contributed by atoms with Crippen LogP contribution >= 0.6 is 0 Å². The van der Waals surface area contributed by atoms with Crippen LogP contribution in [0.25, 0.3) is 11.4 Å². The van der Waals surface area contributed by atoms with Gasteiger partial charge in [-0.05, 0) is 57.0 Å². The minimum Gasteiger partial charge on any atom is -0.494 e. The Labute approximate surface area is 153 Å². The fraction of sp³-hybridized carbons (Fsp3) is 0.526. The third kappa shape index (κ3) is 4.22. The molecule has 0 radical (unpaired) electrons. The summed E-state index contributed by atoms with van der Waals surface area (Å²) in [7, 11) is 0. The third-order valence-corrected chi connectivity index (χ3v) is 4.76. The molecule has 1 aliphatic rings. The van der Waals surface area contributed by atoms with Crippen molar-refractivity contribution in [3.05, 3.63) is 30.2 Å². The molecule has 1 aliphatic heterocycles. The van der Waals surface area contributed by atoms with Crippen molar-refractivity contribution in [3.8, 4) is 17.1 Å².